The lowest BCUT2D eigenvalue weighted by atomic mass is 10.1. The molecule has 148 valence electrons. The maximum absolute atomic E-state index is 12.4. The zero-order chi connectivity index (χ0) is 20.4. The summed E-state index contributed by atoms with van der Waals surface area (Å²) in [5.74, 6) is -1.43. The minimum atomic E-state index is -0.546. The van der Waals surface area contributed by atoms with E-state index in [1.165, 1.54) is 4.90 Å². The van der Waals surface area contributed by atoms with Crippen LogP contribution in [0.3, 0.4) is 0 Å². The van der Waals surface area contributed by atoms with Crippen LogP contribution in [0.25, 0.3) is 10.9 Å². The number of nitrogens with zero attached hydrogens (tertiary/aromatic N) is 1. The number of halogens is 1. The van der Waals surface area contributed by atoms with Gasteiger partial charge < -0.3 is 9.88 Å². The molecule has 0 aliphatic carbocycles. The van der Waals surface area contributed by atoms with Gasteiger partial charge in [-0.25, -0.2) is 0 Å². The number of benzene rings is 2. The maximum Gasteiger partial charge on any atom is 0.243 e. The molecule has 29 heavy (non-hydrogen) atoms. The lowest BCUT2D eigenvalue weighted by molar-refractivity contribution is -0.131. The van der Waals surface area contributed by atoms with Crippen molar-refractivity contribution in [3.63, 3.8) is 0 Å². The van der Waals surface area contributed by atoms with Crippen LogP contribution in [-0.2, 0) is 20.8 Å². The zero-order valence-corrected chi connectivity index (χ0v) is 16.2. The smallest absolute Gasteiger partial charge is 0.243 e. The Labute approximate surface area is 172 Å². The van der Waals surface area contributed by atoms with E-state index < -0.39 is 11.8 Å². The predicted octanol–water partition coefficient (Wildman–Crippen LogP) is 2.56. The highest BCUT2D eigenvalue weighted by molar-refractivity contribution is 6.31. The van der Waals surface area contributed by atoms with Crippen LogP contribution in [0.2, 0.25) is 5.02 Å². The number of aromatic amines is 1. The van der Waals surface area contributed by atoms with Gasteiger partial charge in [0.25, 0.3) is 0 Å². The zero-order valence-electron chi connectivity index (χ0n) is 15.4. The molecule has 0 spiro atoms. The number of aromatic nitrogens is 1. The number of para-hydroxylation sites is 1. The van der Waals surface area contributed by atoms with Crippen LogP contribution in [0.4, 0.5) is 5.69 Å². The number of rotatable bonds is 4. The van der Waals surface area contributed by atoms with E-state index >= 15 is 0 Å². The molecular weight excluding hydrogens is 392 g/mol. The minimum Gasteiger partial charge on any atom is -0.361 e. The van der Waals surface area contributed by atoms with Crippen molar-refractivity contribution in [3.8, 4) is 0 Å². The molecule has 0 bridgehead atoms. The summed E-state index contributed by atoms with van der Waals surface area (Å²) < 4.78 is 0. The standard InChI is InChI=1S/C21H19ClN4O3/c22-15-4-3-5-16(10-15)26-12-14(9-20(26)28)21(29)25-24-19(27)8-13-11-23-18-7-2-1-6-17(13)18/h1-7,10-11,14,23H,8-9,12H2,(H,24,27)(H,25,29). The summed E-state index contributed by atoms with van der Waals surface area (Å²) in [5.41, 5.74) is 7.32. The van der Waals surface area contributed by atoms with Gasteiger partial charge in [-0.2, -0.15) is 0 Å². The molecule has 2 aromatic carbocycles. The number of fused-ring (bicyclic) bond motifs is 1. The summed E-state index contributed by atoms with van der Waals surface area (Å²) in [6, 6.07) is 14.6. The highest BCUT2D eigenvalue weighted by atomic mass is 35.5. The number of hydrogen-bond donors (Lipinski definition) is 3. The molecule has 1 atom stereocenters. The van der Waals surface area contributed by atoms with Gasteiger partial charge in [-0.05, 0) is 29.8 Å². The second kappa shape index (κ2) is 7.97. The monoisotopic (exact) mass is 410 g/mol. The number of H-pyrrole nitrogens is 1. The van der Waals surface area contributed by atoms with Gasteiger partial charge in [-0.3, -0.25) is 25.2 Å². The first kappa shape index (κ1) is 19.0. The molecule has 0 radical (unpaired) electrons. The van der Waals surface area contributed by atoms with Crippen molar-refractivity contribution in [1.29, 1.82) is 0 Å². The van der Waals surface area contributed by atoms with Crippen molar-refractivity contribution in [2.75, 3.05) is 11.4 Å². The van der Waals surface area contributed by atoms with Crippen LogP contribution in [0.15, 0.2) is 54.7 Å². The van der Waals surface area contributed by atoms with Crippen molar-refractivity contribution in [2.24, 2.45) is 5.92 Å². The number of amides is 3. The van der Waals surface area contributed by atoms with Gasteiger partial charge in [0.1, 0.15) is 0 Å². The predicted molar refractivity (Wildman–Crippen MR) is 110 cm³/mol. The topological polar surface area (TPSA) is 94.3 Å². The second-order valence-electron chi connectivity index (χ2n) is 6.96. The van der Waals surface area contributed by atoms with E-state index in [1.807, 2.05) is 24.3 Å². The van der Waals surface area contributed by atoms with Gasteiger partial charge in [0.05, 0.1) is 12.3 Å². The Morgan fingerprint density at radius 3 is 2.79 bits per heavy atom. The Hall–Kier alpha value is -3.32. The fourth-order valence-corrected chi connectivity index (χ4v) is 3.69. The third kappa shape index (κ3) is 4.09. The average Bonchev–Trinajstić information content (AvgIpc) is 3.30. The fourth-order valence-electron chi connectivity index (χ4n) is 3.51. The van der Waals surface area contributed by atoms with E-state index in [0.29, 0.717) is 10.7 Å². The highest BCUT2D eigenvalue weighted by Gasteiger charge is 2.35. The first-order chi connectivity index (χ1) is 14.0. The van der Waals surface area contributed by atoms with Crippen LogP contribution >= 0.6 is 11.6 Å². The molecule has 1 aliphatic heterocycles. The Bertz CT molecular complexity index is 1090. The van der Waals surface area contributed by atoms with E-state index in [2.05, 4.69) is 15.8 Å². The Morgan fingerprint density at radius 1 is 1.14 bits per heavy atom. The third-order valence-electron chi connectivity index (χ3n) is 4.97. The van der Waals surface area contributed by atoms with Crippen LogP contribution in [0.5, 0.6) is 0 Å². The Balaban J connectivity index is 1.32. The molecule has 1 aromatic heterocycles. The van der Waals surface area contributed by atoms with E-state index in [0.717, 1.165) is 16.5 Å². The van der Waals surface area contributed by atoms with Crippen LogP contribution in [0, 0.1) is 5.92 Å². The molecule has 2 heterocycles. The Morgan fingerprint density at radius 2 is 1.97 bits per heavy atom. The summed E-state index contributed by atoms with van der Waals surface area (Å²) in [6.45, 7) is 0.239. The summed E-state index contributed by atoms with van der Waals surface area (Å²) in [4.78, 5) is 41.6. The van der Waals surface area contributed by atoms with Gasteiger partial charge in [-0.1, -0.05) is 35.9 Å². The van der Waals surface area contributed by atoms with Gasteiger partial charge in [0.15, 0.2) is 0 Å². The molecule has 3 aromatic rings. The molecular formula is C21H19ClN4O3. The van der Waals surface area contributed by atoms with Gasteiger partial charge in [0, 0.05) is 40.8 Å². The molecule has 3 amide bonds. The van der Waals surface area contributed by atoms with Gasteiger partial charge in [0.2, 0.25) is 17.7 Å². The summed E-state index contributed by atoms with van der Waals surface area (Å²) in [7, 11) is 0. The Kier molecular flexibility index (Phi) is 5.22. The van der Waals surface area contributed by atoms with E-state index in [-0.39, 0.29) is 31.2 Å². The maximum atomic E-state index is 12.4. The first-order valence-corrected chi connectivity index (χ1v) is 9.58. The minimum absolute atomic E-state index is 0.0800. The fraction of sp³-hybridized carbons (Fsp3) is 0.190. The molecule has 1 aliphatic rings. The van der Waals surface area contributed by atoms with Crippen molar-refractivity contribution in [3.05, 3.63) is 65.3 Å². The molecule has 1 saturated heterocycles. The van der Waals surface area contributed by atoms with Crippen molar-refractivity contribution in [1.82, 2.24) is 15.8 Å². The number of nitrogens with one attached hydrogen (secondary N) is 3. The van der Waals surface area contributed by atoms with Crippen LogP contribution < -0.4 is 15.8 Å². The molecule has 3 N–H and O–H groups in total. The van der Waals surface area contributed by atoms with Gasteiger partial charge in [-0.15, -0.1) is 0 Å². The van der Waals surface area contributed by atoms with Crippen molar-refractivity contribution in [2.45, 2.75) is 12.8 Å². The molecule has 0 saturated carbocycles. The van der Waals surface area contributed by atoms with Gasteiger partial charge >= 0.3 is 0 Å². The first-order valence-electron chi connectivity index (χ1n) is 9.21. The second-order valence-corrected chi connectivity index (χ2v) is 7.40. The number of anilines is 1. The number of hydrazine groups is 1. The van der Waals surface area contributed by atoms with E-state index in [9.17, 15) is 14.4 Å². The lowest BCUT2D eigenvalue weighted by Gasteiger charge is -2.17. The van der Waals surface area contributed by atoms with Crippen LogP contribution in [-0.4, -0.2) is 29.3 Å². The summed E-state index contributed by atoms with van der Waals surface area (Å²) >= 11 is 5.98. The average molecular weight is 411 g/mol. The molecule has 4 rings (SSSR count). The van der Waals surface area contributed by atoms with Crippen molar-refractivity contribution < 1.29 is 14.4 Å². The van der Waals surface area contributed by atoms with Crippen molar-refractivity contribution >= 4 is 45.9 Å². The molecule has 1 unspecified atom stereocenters. The molecule has 7 nitrogen and oxygen atoms in total. The molecule has 1 fully saturated rings. The quantitative estimate of drug-likeness (QED) is 0.577. The normalized spacial score (nSPS) is 16.2. The SMILES string of the molecule is O=C(Cc1c[nH]c2ccccc12)NNC(=O)C1CC(=O)N(c2cccc(Cl)c2)C1. The largest absolute Gasteiger partial charge is 0.361 e. The molecule has 8 heteroatoms. The van der Waals surface area contributed by atoms with E-state index in [4.69, 9.17) is 11.6 Å². The highest BCUT2D eigenvalue weighted by Crippen LogP contribution is 2.27. The number of carbonyl (C=O) groups excluding carboxylic acids is 3. The summed E-state index contributed by atoms with van der Waals surface area (Å²) in [6.07, 6.45) is 1.99. The van der Waals surface area contributed by atoms with E-state index in [1.54, 1.807) is 30.5 Å². The summed E-state index contributed by atoms with van der Waals surface area (Å²) in [5, 5.41) is 1.49. The van der Waals surface area contributed by atoms with Crippen LogP contribution in [0.1, 0.15) is 12.0 Å². The third-order valence-corrected chi connectivity index (χ3v) is 5.20. The number of carbonyl (C=O) groups is 3. The lowest BCUT2D eigenvalue weighted by Crippen LogP contribution is -2.45. The number of hydrogen-bond acceptors (Lipinski definition) is 3.